The first kappa shape index (κ1) is 13.6. The van der Waals surface area contributed by atoms with Gasteiger partial charge in [-0.2, -0.15) is 0 Å². The minimum atomic E-state index is 0.0102. The quantitative estimate of drug-likeness (QED) is 0.848. The van der Waals surface area contributed by atoms with Crippen molar-refractivity contribution in [3.63, 3.8) is 0 Å². The predicted octanol–water partition coefficient (Wildman–Crippen LogP) is 2.07. The fourth-order valence-electron chi connectivity index (χ4n) is 3.73. The van der Waals surface area contributed by atoms with Gasteiger partial charge < -0.3 is 9.42 Å². The molecule has 2 saturated heterocycles. The second-order valence-electron chi connectivity index (χ2n) is 5.88. The number of amides is 1. The summed E-state index contributed by atoms with van der Waals surface area (Å²) in [6.07, 6.45) is 4.66. The molecule has 5 nitrogen and oxygen atoms in total. The van der Waals surface area contributed by atoms with Gasteiger partial charge in [0.1, 0.15) is 0 Å². The van der Waals surface area contributed by atoms with Gasteiger partial charge in [-0.15, -0.1) is 0 Å². The molecule has 0 radical (unpaired) electrons. The van der Waals surface area contributed by atoms with Crippen molar-refractivity contribution < 1.29 is 9.32 Å². The first-order valence-electron chi connectivity index (χ1n) is 7.69. The van der Waals surface area contributed by atoms with Gasteiger partial charge in [-0.25, -0.2) is 0 Å². The number of likely N-dealkylation sites (N-methyl/N-ethyl adjacent to an activating group) is 1. The van der Waals surface area contributed by atoms with Gasteiger partial charge in [-0.05, 0) is 45.7 Å². The molecule has 2 aliphatic rings. The lowest BCUT2D eigenvalue weighted by atomic mass is 10.0. The number of carbonyl (C=O) groups is 1. The Balaban J connectivity index is 1.77. The second-order valence-corrected chi connectivity index (χ2v) is 5.88. The van der Waals surface area contributed by atoms with Crippen LogP contribution in [-0.2, 0) is 0 Å². The molecule has 1 aromatic rings. The number of aryl methyl sites for hydroxylation is 1. The van der Waals surface area contributed by atoms with Crippen LogP contribution < -0.4 is 0 Å². The minimum absolute atomic E-state index is 0.0102. The SMILES string of the molecule is CCN1CCC[C@H]1[C@@H]1CCCN1C(=O)c1cc(C)no1. The summed E-state index contributed by atoms with van der Waals surface area (Å²) in [6.45, 7) is 7.14. The normalized spacial score (nSPS) is 27.4. The molecular formula is C15H23N3O2. The third-order valence-electron chi connectivity index (χ3n) is 4.66. The van der Waals surface area contributed by atoms with Crippen LogP contribution in [0.4, 0.5) is 0 Å². The molecule has 1 amide bonds. The van der Waals surface area contributed by atoms with E-state index in [-0.39, 0.29) is 5.91 Å². The zero-order valence-electron chi connectivity index (χ0n) is 12.3. The van der Waals surface area contributed by atoms with Crippen molar-refractivity contribution in [2.75, 3.05) is 19.6 Å². The summed E-state index contributed by atoms with van der Waals surface area (Å²) >= 11 is 0. The van der Waals surface area contributed by atoms with Crippen LogP contribution in [0, 0.1) is 6.92 Å². The van der Waals surface area contributed by atoms with Crippen LogP contribution in [-0.4, -0.2) is 52.6 Å². The number of nitrogens with zero attached hydrogens (tertiary/aromatic N) is 3. The van der Waals surface area contributed by atoms with E-state index in [0.717, 1.165) is 31.6 Å². The molecule has 0 bridgehead atoms. The van der Waals surface area contributed by atoms with Gasteiger partial charge in [0.2, 0.25) is 5.76 Å². The Labute approximate surface area is 119 Å². The summed E-state index contributed by atoms with van der Waals surface area (Å²) < 4.78 is 5.15. The van der Waals surface area contributed by atoms with Gasteiger partial charge >= 0.3 is 0 Å². The van der Waals surface area contributed by atoms with Crippen LogP contribution in [0.2, 0.25) is 0 Å². The summed E-state index contributed by atoms with van der Waals surface area (Å²) in [7, 11) is 0. The molecule has 110 valence electrons. The molecule has 0 aromatic carbocycles. The standard InChI is InChI=1S/C15H23N3O2/c1-3-17-8-4-6-12(17)13-7-5-9-18(13)15(19)14-10-11(2)16-20-14/h10,12-13H,3-9H2,1-2H3/t12-,13-/m0/s1. The van der Waals surface area contributed by atoms with Crippen LogP contribution in [0.1, 0.15) is 48.9 Å². The van der Waals surface area contributed by atoms with E-state index >= 15 is 0 Å². The van der Waals surface area contributed by atoms with Crippen LogP contribution in [0.5, 0.6) is 0 Å². The average molecular weight is 277 g/mol. The fourth-order valence-corrected chi connectivity index (χ4v) is 3.73. The van der Waals surface area contributed by atoms with E-state index in [2.05, 4.69) is 17.0 Å². The monoisotopic (exact) mass is 277 g/mol. The number of hydrogen-bond donors (Lipinski definition) is 0. The molecule has 0 saturated carbocycles. The molecule has 0 N–H and O–H groups in total. The first-order chi connectivity index (χ1) is 9.70. The lowest BCUT2D eigenvalue weighted by Crippen LogP contribution is -2.48. The highest BCUT2D eigenvalue weighted by molar-refractivity contribution is 5.92. The molecule has 20 heavy (non-hydrogen) atoms. The Bertz CT molecular complexity index is 485. The summed E-state index contributed by atoms with van der Waals surface area (Å²) in [5, 5.41) is 3.83. The van der Waals surface area contributed by atoms with Gasteiger partial charge in [0, 0.05) is 24.7 Å². The van der Waals surface area contributed by atoms with Crippen LogP contribution in [0.25, 0.3) is 0 Å². The van der Waals surface area contributed by atoms with Gasteiger partial charge in [0.05, 0.1) is 5.69 Å². The Hall–Kier alpha value is -1.36. The third kappa shape index (κ3) is 2.35. The molecular weight excluding hydrogens is 254 g/mol. The van der Waals surface area contributed by atoms with Crippen molar-refractivity contribution in [3.8, 4) is 0 Å². The van der Waals surface area contributed by atoms with Gasteiger partial charge in [0.15, 0.2) is 0 Å². The smallest absolute Gasteiger partial charge is 0.292 e. The zero-order valence-corrected chi connectivity index (χ0v) is 12.3. The lowest BCUT2D eigenvalue weighted by Gasteiger charge is -2.34. The molecule has 1 aromatic heterocycles. The molecule has 2 atom stereocenters. The van der Waals surface area contributed by atoms with Crippen LogP contribution in [0.15, 0.2) is 10.6 Å². The van der Waals surface area contributed by atoms with E-state index in [1.807, 2.05) is 11.8 Å². The number of aromatic nitrogens is 1. The highest BCUT2D eigenvalue weighted by Crippen LogP contribution is 2.30. The van der Waals surface area contributed by atoms with E-state index in [1.54, 1.807) is 6.07 Å². The largest absolute Gasteiger partial charge is 0.351 e. The van der Waals surface area contributed by atoms with Crippen molar-refractivity contribution >= 4 is 5.91 Å². The Morgan fingerprint density at radius 1 is 1.35 bits per heavy atom. The zero-order chi connectivity index (χ0) is 14.1. The van der Waals surface area contributed by atoms with Crippen molar-refractivity contribution in [3.05, 3.63) is 17.5 Å². The molecule has 0 unspecified atom stereocenters. The maximum Gasteiger partial charge on any atom is 0.292 e. The van der Waals surface area contributed by atoms with E-state index in [9.17, 15) is 4.79 Å². The number of hydrogen-bond acceptors (Lipinski definition) is 4. The summed E-state index contributed by atoms with van der Waals surface area (Å²) in [5.74, 6) is 0.395. The van der Waals surface area contributed by atoms with Crippen molar-refractivity contribution in [1.29, 1.82) is 0 Å². The van der Waals surface area contributed by atoms with Crippen LogP contribution >= 0.6 is 0 Å². The number of likely N-dealkylation sites (tertiary alicyclic amines) is 2. The van der Waals surface area contributed by atoms with E-state index < -0.39 is 0 Å². The van der Waals surface area contributed by atoms with Gasteiger partial charge in [-0.1, -0.05) is 12.1 Å². The molecule has 3 rings (SSSR count). The molecule has 5 heteroatoms. The predicted molar refractivity (Wildman–Crippen MR) is 75.6 cm³/mol. The Morgan fingerprint density at radius 3 is 2.80 bits per heavy atom. The van der Waals surface area contributed by atoms with Crippen molar-refractivity contribution in [2.45, 2.75) is 51.6 Å². The highest BCUT2D eigenvalue weighted by atomic mass is 16.5. The lowest BCUT2D eigenvalue weighted by molar-refractivity contribution is 0.0609. The van der Waals surface area contributed by atoms with Gasteiger partial charge in [0.25, 0.3) is 5.91 Å². The molecule has 2 fully saturated rings. The molecule has 3 heterocycles. The highest BCUT2D eigenvalue weighted by Gasteiger charge is 2.40. The minimum Gasteiger partial charge on any atom is -0.351 e. The number of rotatable bonds is 3. The summed E-state index contributed by atoms with van der Waals surface area (Å²) in [4.78, 5) is 17.1. The van der Waals surface area contributed by atoms with E-state index in [0.29, 0.717) is 17.8 Å². The van der Waals surface area contributed by atoms with Crippen molar-refractivity contribution in [2.24, 2.45) is 0 Å². The first-order valence-corrected chi connectivity index (χ1v) is 7.69. The third-order valence-corrected chi connectivity index (χ3v) is 4.66. The molecule has 0 spiro atoms. The van der Waals surface area contributed by atoms with Crippen molar-refractivity contribution in [1.82, 2.24) is 15.0 Å². The fraction of sp³-hybridized carbons (Fsp3) is 0.733. The summed E-state index contributed by atoms with van der Waals surface area (Å²) in [5.41, 5.74) is 0.764. The average Bonchev–Trinajstić information content (AvgIpc) is 3.16. The van der Waals surface area contributed by atoms with Crippen LogP contribution in [0.3, 0.4) is 0 Å². The maximum absolute atomic E-state index is 12.6. The maximum atomic E-state index is 12.6. The Kier molecular flexibility index (Phi) is 3.78. The topological polar surface area (TPSA) is 49.6 Å². The summed E-state index contributed by atoms with van der Waals surface area (Å²) in [6, 6.07) is 2.61. The Morgan fingerprint density at radius 2 is 2.10 bits per heavy atom. The van der Waals surface area contributed by atoms with E-state index in [4.69, 9.17) is 4.52 Å². The second kappa shape index (κ2) is 5.56. The number of carbonyl (C=O) groups excluding carboxylic acids is 1. The van der Waals surface area contributed by atoms with Gasteiger partial charge in [-0.3, -0.25) is 9.69 Å². The van der Waals surface area contributed by atoms with E-state index in [1.165, 1.54) is 19.4 Å². The molecule has 0 aliphatic carbocycles. The molecule has 2 aliphatic heterocycles.